The number of Topliss-reactive ketones (excluding diaryl/α,β-unsaturated/α-hetero) is 1. The first kappa shape index (κ1) is 27.3. The van der Waals surface area contributed by atoms with Gasteiger partial charge in [-0.05, 0) is 70.2 Å². The van der Waals surface area contributed by atoms with E-state index in [2.05, 4.69) is 6.92 Å². The molecule has 2 aromatic rings. The summed E-state index contributed by atoms with van der Waals surface area (Å²) in [5, 5.41) is 11.3. The van der Waals surface area contributed by atoms with Crippen molar-refractivity contribution in [2.45, 2.75) is 45.6 Å². The number of likely N-dealkylation sites (tertiary alicyclic amines) is 1. The quantitative estimate of drug-likeness (QED) is 0.182. The molecular formula is C29H38N2O5. The fraction of sp³-hybridized carbons (Fsp3) is 0.448. The molecule has 2 aromatic carbocycles. The minimum atomic E-state index is -0.683. The molecule has 1 saturated heterocycles. The Bertz CT molecular complexity index is 1060. The summed E-state index contributed by atoms with van der Waals surface area (Å²) in [5.74, 6) is -0.146. The van der Waals surface area contributed by atoms with E-state index in [0.29, 0.717) is 37.5 Å². The molecule has 7 nitrogen and oxygen atoms in total. The summed E-state index contributed by atoms with van der Waals surface area (Å²) in [7, 11) is 3.94. The van der Waals surface area contributed by atoms with E-state index >= 15 is 0 Å². The van der Waals surface area contributed by atoms with Crippen LogP contribution >= 0.6 is 0 Å². The van der Waals surface area contributed by atoms with Crippen LogP contribution in [0.15, 0.2) is 54.1 Å². The van der Waals surface area contributed by atoms with Gasteiger partial charge in [0.15, 0.2) is 0 Å². The van der Waals surface area contributed by atoms with Gasteiger partial charge in [-0.1, -0.05) is 44.0 Å². The van der Waals surface area contributed by atoms with E-state index in [1.54, 1.807) is 29.2 Å². The number of aliphatic hydroxyl groups excluding tert-OH is 1. The summed E-state index contributed by atoms with van der Waals surface area (Å²) >= 11 is 0. The normalized spacial score (nSPS) is 17.1. The van der Waals surface area contributed by atoms with E-state index in [1.807, 2.05) is 50.2 Å². The van der Waals surface area contributed by atoms with Crippen molar-refractivity contribution in [2.75, 3.05) is 40.4 Å². The molecule has 0 saturated carbocycles. The van der Waals surface area contributed by atoms with Gasteiger partial charge in [0, 0.05) is 12.1 Å². The van der Waals surface area contributed by atoms with Gasteiger partial charge in [-0.25, -0.2) is 0 Å². The molecule has 0 aromatic heterocycles. The van der Waals surface area contributed by atoms with Crippen molar-refractivity contribution >= 4 is 17.4 Å². The van der Waals surface area contributed by atoms with Crippen molar-refractivity contribution in [3.63, 3.8) is 0 Å². The zero-order valence-electron chi connectivity index (χ0n) is 21.8. The van der Waals surface area contributed by atoms with E-state index < -0.39 is 17.7 Å². The van der Waals surface area contributed by atoms with Crippen LogP contribution in [-0.2, 0) is 9.59 Å². The summed E-state index contributed by atoms with van der Waals surface area (Å²) in [6.45, 7) is 6.33. The van der Waals surface area contributed by atoms with Crippen LogP contribution in [0.2, 0.25) is 0 Å². The fourth-order valence-corrected chi connectivity index (χ4v) is 4.36. The Balaban J connectivity index is 1.98. The molecule has 1 aliphatic heterocycles. The average molecular weight is 495 g/mol. The zero-order chi connectivity index (χ0) is 26.1. The topological polar surface area (TPSA) is 79.3 Å². The van der Waals surface area contributed by atoms with Crippen molar-refractivity contribution in [1.29, 1.82) is 0 Å². The summed E-state index contributed by atoms with van der Waals surface area (Å²) < 4.78 is 11.4. The molecule has 3 rings (SSSR count). The number of nitrogens with zero attached hydrogens (tertiary/aromatic N) is 2. The Kier molecular flexibility index (Phi) is 9.94. The Morgan fingerprint density at radius 1 is 0.972 bits per heavy atom. The molecule has 1 unspecified atom stereocenters. The number of carbonyl (C=O) groups is 2. The third-order valence-electron chi connectivity index (χ3n) is 6.18. The molecule has 1 aliphatic rings. The van der Waals surface area contributed by atoms with Crippen molar-refractivity contribution in [3.8, 4) is 11.5 Å². The minimum Gasteiger partial charge on any atom is -0.507 e. The van der Waals surface area contributed by atoms with E-state index in [9.17, 15) is 14.7 Å². The number of aliphatic hydroxyl groups is 1. The number of amides is 1. The Labute approximate surface area is 214 Å². The standard InChI is InChI=1S/C29H38N2O5/c1-5-7-8-19-36-23-15-13-21(14-16-23)26-25(27(32)22-11-9-12-24(20-22)35-6-2)28(33)29(34)31(26)18-10-17-30(3)4/h9,11-16,20,26,32H,5-8,10,17-19H2,1-4H3. The second kappa shape index (κ2) is 13.1. The number of benzene rings is 2. The van der Waals surface area contributed by atoms with Gasteiger partial charge >= 0.3 is 0 Å². The van der Waals surface area contributed by atoms with Crippen molar-refractivity contribution in [3.05, 3.63) is 65.2 Å². The largest absolute Gasteiger partial charge is 0.507 e. The van der Waals surface area contributed by atoms with E-state index in [-0.39, 0.29) is 11.3 Å². The zero-order valence-corrected chi connectivity index (χ0v) is 21.8. The average Bonchev–Trinajstić information content (AvgIpc) is 3.12. The molecule has 7 heteroatoms. The van der Waals surface area contributed by atoms with Gasteiger partial charge in [0.05, 0.1) is 24.8 Å². The van der Waals surface area contributed by atoms with E-state index in [4.69, 9.17) is 9.47 Å². The van der Waals surface area contributed by atoms with Crippen molar-refractivity contribution < 1.29 is 24.2 Å². The van der Waals surface area contributed by atoms with Gasteiger partial charge in [-0.3, -0.25) is 9.59 Å². The van der Waals surface area contributed by atoms with Crippen LogP contribution in [-0.4, -0.2) is 67.0 Å². The van der Waals surface area contributed by atoms with Gasteiger partial charge in [0.25, 0.3) is 11.7 Å². The van der Waals surface area contributed by atoms with Crippen LogP contribution in [0.25, 0.3) is 5.76 Å². The summed E-state index contributed by atoms with van der Waals surface area (Å²) in [6.07, 6.45) is 3.94. The summed E-state index contributed by atoms with van der Waals surface area (Å²) in [4.78, 5) is 29.9. The van der Waals surface area contributed by atoms with Crippen LogP contribution in [0.3, 0.4) is 0 Å². The minimum absolute atomic E-state index is 0.0927. The van der Waals surface area contributed by atoms with Crippen LogP contribution < -0.4 is 9.47 Å². The monoisotopic (exact) mass is 494 g/mol. The fourth-order valence-electron chi connectivity index (χ4n) is 4.36. The van der Waals surface area contributed by atoms with Gasteiger partial charge in [0.2, 0.25) is 0 Å². The Morgan fingerprint density at radius 3 is 2.39 bits per heavy atom. The number of hydrogen-bond donors (Lipinski definition) is 1. The highest BCUT2D eigenvalue weighted by atomic mass is 16.5. The molecule has 1 atom stereocenters. The van der Waals surface area contributed by atoms with E-state index in [0.717, 1.165) is 37.1 Å². The predicted molar refractivity (Wildman–Crippen MR) is 141 cm³/mol. The number of ether oxygens (including phenoxy) is 2. The first-order chi connectivity index (χ1) is 17.4. The highest BCUT2D eigenvalue weighted by Gasteiger charge is 2.45. The lowest BCUT2D eigenvalue weighted by Gasteiger charge is -2.26. The van der Waals surface area contributed by atoms with Gasteiger partial charge in [0.1, 0.15) is 17.3 Å². The predicted octanol–water partition coefficient (Wildman–Crippen LogP) is 5.03. The highest BCUT2D eigenvalue weighted by Crippen LogP contribution is 2.40. The molecule has 36 heavy (non-hydrogen) atoms. The van der Waals surface area contributed by atoms with Crippen LogP contribution in [0.4, 0.5) is 0 Å². The lowest BCUT2D eigenvalue weighted by Crippen LogP contribution is -2.32. The maximum Gasteiger partial charge on any atom is 0.295 e. The lowest BCUT2D eigenvalue weighted by molar-refractivity contribution is -0.139. The number of hydrogen-bond acceptors (Lipinski definition) is 6. The molecule has 0 bridgehead atoms. The Hall–Kier alpha value is -3.32. The first-order valence-corrected chi connectivity index (χ1v) is 12.8. The van der Waals surface area contributed by atoms with Gasteiger partial charge in [-0.2, -0.15) is 0 Å². The summed E-state index contributed by atoms with van der Waals surface area (Å²) in [5.41, 5.74) is 1.28. The second-order valence-electron chi connectivity index (χ2n) is 9.23. The maximum absolute atomic E-state index is 13.2. The molecule has 0 aliphatic carbocycles. The van der Waals surface area contributed by atoms with Crippen LogP contribution in [0.1, 0.15) is 56.7 Å². The molecule has 1 heterocycles. The SMILES string of the molecule is CCCCCOc1ccc(C2C(=C(O)c3cccc(OCC)c3)C(=O)C(=O)N2CCCN(C)C)cc1. The summed E-state index contributed by atoms with van der Waals surface area (Å²) in [6, 6.07) is 13.7. The van der Waals surface area contributed by atoms with Crippen LogP contribution in [0, 0.1) is 0 Å². The number of carbonyl (C=O) groups excluding carboxylic acids is 2. The molecule has 1 amide bonds. The van der Waals surface area contributed by atoms with E-state index in [1.165, 1.54) is 0 Å². The smallest absolute Gasteiger partial charge is 0.295 e. The third-order valence-corrected chi connectivity index (χ3v) is 6.18. The molecule has 194 valence electrons. The number of unbranched alkanes of at least 4 members (excludes halogenated alkanes) is 2. The lowest BCUT2D eigenvalue weighted by atomic mass is 9.95. The third kappa shape index (κ3) is 6.66. The molecule has 1 N–H and O–H groups in total. The van der Waals surface area contributed by atoms with Crippen molar-refractivity contribution in [2.24, 2.45) is 0 Å². The molecule has 0 spiro atoms. The molecular weight excluding hydrogens is 456 g/mol. The highest BCUT2D eigenvalue weighted by molar-refractivity contribution is 6.46. The van der Waals surface area contributed by atoms with Crippen molar-refractivity contribution in [1.82, 2.24) is 9.80 Å². The van der Waals surface area contributed by atoms with Gasteiger partial charge in [-0.15, -0.1) is 0 Å². The van der Waals surface area contributed by atoms with Gasteiger partial charge < -0.3 is 24.4 Å². The second-order valence-corrected chi connectivity index (χ2v) is 9.23. The number of rotatable bonds is 13. The number of ketones is 1. The maximum atomic E-state index is 13.2. The first-order valence-electron chi connectivity index (χ1n) is 12.8. The molecule has 1 fully saturated rings. The van der Waals surface area contributed by atoms with Crippen LogP contribution in [0.5, 0.6) is 11.5 Å². The Morgan fingerprint density at radius 2 is 1.72 bits per heavy atom. The molecule has 0 radical (unpaired) electrons.